The van der Waals surface area contributed by atoms with Crippen molar-refractivity contribution in [1.82, 2.24) is 0 Å². The first-order valence-corrected chi connectivity index (χ1v) is 27.6. The van der Waals surface area contributed by atoms with Crippen molar-refractivity contribution < 1.29 is 28.6 Å². The SMILES string of the molecule is CC/C=C\C/C=C\C/C=C\C/C=C\C/C=C\C/C=C\CCC(=O)OC[C@@H](COC(=O)CCCCCCCCCCCCCC)OC(=O)CCCCCCCCC/C=C\CCCCCCCC. The molecule has 0 fully saturated rings. The van der Waals surface area contributed by atoms with E-state index in [2.05, 4.69) is 99.8 Å². The molecular weight excluding hydrogens is 817 g/mol. The normalized spacial score (nSPS) is 12.7. The topological polar surface area (TPSA) is 78.9 Å². The van der Waals surface area contributed by atoms with Gasteiger partial charge in [0, 0.05) is 19.3 Å². The van der Waals surface area contributed by atoms with E-state index in [0.29, 0.717) is 19.3 Å². The zero-order chi connectivity index (χ0) is 47.9. The van der Waals surface area contributed by atoms with E-state index in [1.54, 1.807) is 0 Å². The van der Waals surface area contributed by atoms with Crippen LogP contribution < -0.4 is 0 Å². The van der Waals surface area contributed by atoms with Crippen LogP contribution in [0.25, 0.3) is 0 Å². The Kier molecular flexibility index (Phi) is 51.4. The summed E-state index contributed by atoms with van der Waals surface area (Å²) in [5.41, 5.74) is 0. The Morgan fingerprint density at radius 1 is 0.318 bits per heavy atom. The van der Waals surface area contributed by atoms with Crippen molar-refractivity contribution in [3.63, 3.8) is 0 Å². The smallest absolute Gasteiger partial charge is 0.306 e. The van der Waals surface area contributed by atoms with Gasteiger partial charge in [0.05, 0.1) is 0 Å². The summed E-state index contributed by atoms with van der Waals surface area (Å²) in [7, 11) is 0. The highest BCUT2D eigenvalue weighted by molar-refractivity contribution is 5.71. The molecule has 0 aliphatic rings. The molecule has 0 aromatic carbocycles. The second-order valence-electron chi connectivity index (χ2n) is 18.1. The van der Waals surface area contributed by atoms with Crippen LogP contribution in [0.4, 0.5) is 0 Å². The number of carbonyl (C=O) groups excluding carboxylic acids is 3. The fraction of sp³-hybridized carbons (Fsp3) is 0.717. The van der Waals surface area contributed by atoms with Crippen molar-refractivity contribution in [2.45, 2.75) is 264 Å². The lowest BCUT2D eigenvalue weighted by Crippen LogP contribution is -2.30. The van der Waals surface area contributed by atoms with Crippen molar-refractivity contribution in [3.8, 4) is 0 Å². The maximum atomic E-state index is 12.8. The average Bonchev–Trinajstić information content (AvgIpc) is 3.31. The van der Waals surface area contributed by atoms with E-state index >= 15 is 0 Å². The monoisotopic (exact) mass is 919 g/mol. The minimum Gasteiger partial charge on any atom is -0.462 e. The van der Waals surface area contributed by atoms with Crippen molar-refractivity contribution in [3.05, 3.63) is 85.1 Å². The van der Waals surface area contributed by atoms with Gasteiger partial charge in [0.15, 0.2) is 6.10 Å². The Balaban J connectivity index is 4.48. The Hall–Kier alpha value is -3.41. The lowest BCUT2D eigenvalue weighted by molar-refractivity contribution is -0.166. The number of carbonyl (C=O) groups is 3. The Bertz CT molecular complexity index is 1290. The molecule has 0 bridgehead atoms. The van der Waals surface area contributed by atoms with Gasteiger partial charge in [0.1, 0.15) is 13.2 Å². The maximum Gasteiger partial charge on any atom is 0.306 e. The lowest BCUT2D eigenvalue weighted by atomic mass is 10.0. The summed E-state index contributed by atoms with van der Waals surface area (Å²) in [4.78, 5) is 38.0. The van der Waals surface area contributed by atoms with Gasteiger partial charge in [-0.15, -0.1) is 0 Å². The molecule has 0 saturated carbocycles. The van der Waals surface area contributed by atoms with Gasteiger partial charge in [0.25, 0.3) is 0 Å². The number of unbranched alkanes of at least 4 members (excludes halogenated alkanes) is 24. The quantitative estimate of drug-likeness (QED) is 0.0262. The largest absolute Gasteiger partial charge is 0.462 e. The van der Waals surface area contributed by atoms with Crippen molar-refractivity contribution in [1.29, 1.82) is 0 Å². The van der Waals surface area contributed by atoms with Gasteiger partial charge >= 0.3 is 17.9 Å². The number of ether oxygens (including phenoxy) is 3. The molecule has 378 valence electrons. The molecular formula is C60H102O6. The molecule has 6 heteroatoms. The van der Waals surface area contributed by atoms with Crippen molar-refractivity contribution in [2.75, 3.05) is 13.2 Å². The van der Waals surface area contributed by atoms with E-state index in [-0.39, 0.29) is 37.5 Å². The van der Waals surface area contributed by atoms with Crippen molar-refractivity contribution >= 4 is 17.9 Å². The van der Waals surface area contributed by atoms with Crippen LogP contribution in [0.5, 0.6) is 0 Å². The first-order chi connectivity index (χ1) is 32.5. The molecule has 0 radical (unpaired) electrons. The molecule has 0 unspecified atom stereocenters. The van der Waals surface area contributed by atoms with E-state index in [1.165, 1.54) is 135 Å². The van der Waals surface area contributed by atoms with E-state index in [9.17, 15) is 14.4 Å². The molecule has 0 aromatic heterocycles. The highest BCUT2D eigenvalue weighted by atomic mass is 16.6. The second-order valence-corrected chi connectivity index (χ2v) is 18.1. The van der Waals surface area contributed by atoms with Crippen LogP contribution in [0.3, 0.4) is 0 Å². The highest BCUT2D eigenvalue weighted by Crippen LogP contribution is 2.15. The molecule has 0 heterocycles. The van der Waals surface area contributed by atoms with Gasteiger partial charge in [-0.1, -0.05) is 241 Å². The average molecular weight is 919 g/mol. The molecule has 6 nitrogen and oxygen atoms in total. The van der Waals surface area contributed by atoms with Gasteiger partial charge in [0.2, 0.25) is 0 Å². The molecule has 0 spiro atoms. The fourth-order valence-electron chi connectivity index (χ4n) is 7.52. The number of hydrogen-bond acceptors (Lipinski definition) is 6. The Morgan fingerprint density at radius 3 is 1.02 bits per heavy atom. The number of hydrogen-bond donors (Lipinski definition) is 0. The van der Waals surface area contributed by atoms with E-state index < -0.39 is 6.10 Å². The maximum absolute atomic E-state index is 12.8. The summed E-state index contributed by atoms with van der Waals surface area (Å²) in [6.45, 7) is 6.46. The molecule has 0 rings (SSSR count). The number of esters is 3. The predicted octanol–water partition coefficient (Wildman–Crippen LogP) is 18.4. The molecule has 0 aliphatic heterocycles. The van der Waals surface area contributed by atoms with E-state index in [4.69, 9.17) is 14.2 Å². The Labute approximate surface area is 407 Å². The van der Waals surface area contributed by atoms with Crippen LogP contribution in [-0.4, -0.2) is 37.2 Å². The van der Waals surface area contributed by atoms with Gasteiger partial charge in [-0.05, 0) is 83.5 Å². The Morgan fingerprint density at radius 2 is 0.621 bits per heavy atom. The summed E-state index contributed by atoms with van der Waals surface area (Å²) in [5.74, 6) is -0.988. The predicted molar refractivity (Wildman–Crippen MR) is 284 cm³/mol. The summed E-state index contributed by atoms with van der Waals surface area (Å²) in [6.07, 6.45) is 70.1. The first-order valence-electron chi connectivity index (χ1n) is 27.6. The molecule has 0 amide bonds. The second kappa shape index (κ2) is 54.2. The van der Waals surface area contributed by atoms with Crippen LogP contribution in [0.1, 0.15) is 258 Å². The molecule has 0 N–H and O–H groups in total. The lowest BCUT2D eigenvalue weighted by Gasteiger charge is -2.18. The van der Waals surface area contributed by atoms with E-state index in [0.717, 1.165) is 77.0 Å². The zero-order valence-electron chi connectivity index (χ0n) is 43.2. The zero-order valence-corrected chi connectivity index (χ0v) is 43.2. The third kappa shape index (κ3) is 51.6. The van der Waals surface area contributed by atoms with Crippen LogP contribution in [-0.2, 0) is 28.6 Å². The minimum absolute atomic E-state index is 0.0997. The summed E-state index contributed by atoms with van der Waals surface area (Å²) in [6, 6.07) is 0. The van der Waals surface area contributed by atoms with Crippen molar-refractivity contribution in [2.24, 2.45) is 0 Å². The molecule has 1 atom stereocenters. The van der Waals surface area contributed by atoms with E-state index in [1.807, 2.05) is 6.08 Å². The van der Waals surface area contributed by atoms with Gasteiger partial charge < -0.3 is 14.2 Å². The third-order valence-electron chi connectivity index (χ3n) is 11.6. The van der Waals surface area contributed by atoms with Gasteiger partial charge in [-0.2, -0.15) is 0 Å². The number of allylic oxidation sites excluding steroid dienone is 14. The summed E-state index contributed by atoms with van der Waals surface area (Å²) in [5, 5.41) is 0. The molecule has 0 saturated heterocycles. The third-order valence-corrected chi connectivity index (χ3v) is 11.6. The van der Waals surface area contributed by atoms with Crippen LogP contribution in [0.15, 0.2) is 85.1 Å². The molecule has 66 heavy (non-hydrogen) atoms. The number of rotatable bonds is 49. The van der Waals surface area contributed by atoms with Gasteiger partial charge in [-0.3, -0.25) is 14.4 Å². The summed E-state index contributed by atoms with van der Waals surface area (Å²) < 4.78 is 16.8. The highest BCUT2D eigenvalue weighted by Gasteiger charge is 2.19. The van der Waals surface area contributed by atoms with Crippen LogP contribution in [0, 0.1) is 0 Å². The van der Waals surface area contributed by atoms with Crippen LogP contribution in [0.2, 0.25) is 0 Å². The molecule has 0 aromatic rings. The standard InChI is InChI=1S/C60H102O6/c1-4-7-10-13-16-19-22-25-27-29-30-32-33-35-38-41-44-47-50-53-59(62)65-56-57(55-64-58(61)52-49-46-43-40-37-24-21-18-15-12-9-6-3)66-60(63)54-51-48-45-42-39-36-34-31-28-26-23-20-17-14-11-8-5-2/h7,10,16,19,25-28,30,32,35,38,44,47,57H,4-6,8-9,11-15,17-18,20-24,29,31,33-34,36-37,39-43,45-46,48-56H2,1-3H3/b10-7-,19-16-,27-25-,28-26-,32-30-,38-35-,47-44-/t57-/m1/s1. The van der Waals surface area contributed by atoms with Crippen LogP contribution >= 0.6 is 0 Å². The first kappa shape index (κ1) is 62.6. The van der Waals surface area contributed by atoms with Gasteiger partial charge in [-0.25, -0.2) is 0 Å². The summed E-state index contributed by atoms with van der Waals surface area (Å²) >= 11 is 0. The minimum atomic E-state index is -0.807. The molecule has 0 aliphatic carbocycles. The fourth-order valence-corrected chi connectivity index (χ4v) is 7.52.